The summed E-state index contributed by atoms with van der Waals surface area (Å²) in [5, 5.41) is 4.25. The van der Waals surface area contributed by atoms with Crippen LogP contribution in [0, 0.1) is 0 Å². The molecule has 5 nitrogen and oxygen atoms in total. The van der Waals surface area contributed by atoms with Crippen LogP contribution >= 0.6 is 0 Å². The summed E-state index contributed by atoms with van der Waals surface area (Å²) in [4.78, 5) is 20.5. The fourth-order valence-electron chi connectivity index (χ4n) is 2.04. The molecule has 0 unspecified atom stereocenters. The minimum atomic E-state index is -0.327. The first kappa shape index (κ1) is 12.1. The Morgan fingerprint density at radius 2 is 1.90 bits per heavy atom. The number of nitrogens with one attached hydrogen (secondary N) is 1. The van der Waals surface area contributed by atoms with E-state index >= 15 is 0 Å². The van der Waals surface area contributed by atoms with Crippen molar-refractivity contribution in [3.8, 4) is 0 Å². The predicted molar refractivity (Wildman–Crippen MR) is 78.3 cm³/mol. The molecule has 0 aliphatic heterocycles. The van der Waals surface area contributed by atoms with Crippen LogP contribution in [-0.4, -0.2) is 15.9 Å². The Balaban J connectivity index is 2.04. The van der Waals surface area contributed by atoms with Crippen LogP contribution in [0.3, 0.4) is 0 Å². The number of benzene rings is 1. The van der Waals surface area contributed by atoms with Crippen LogP contribution in [-0.2, 0) is 0 Å². The largest absolute Gasteiger partial charge is 0.398 e. The first-order valence-corrected chi connectivity index (χ1v) is 6.11. The van der Waals surface area contributed by atoms with Gasteiger partial charge >= 0.3 is 0 Å². The zero-order valence-corrected chi connectivity index (χ0v) is 10.6. The number of nitrogens with zero attached hydrogens (tertiary/aromatic N) is 2. The summed E-state index contributed by atoms with van der Waals surface area (Å²) in [5.41, 5.74) is 6.78. The first-order chi connectivity index (χ1) is 9.75. The van der Waals surface area contributed by atoms with Gasteiger partial charge in [-0.15, -0.1) is 0 Å². The third kappa shape index (κ3) is 2.16. The summed E-state index contributed by atoms with van der Waals surface area (Å²) in [6.45, 7) is 0. The number of amides is 1. The van der Waals surface area contributed by atoms with E-state index in [1.807, 2.05) is 18.2 Å². The van der Waals surface area contributed by atoms with E-state index in [9.17, 15) is 4.79 Å². The summed E-state index contributed by atoms with van der Waals surface area (Å²) in [6, 6.07) is 12.6. The Hall–Kier alpha value is -2.95. The Labute approximate surface area is 115 Å². The van der Waals surface area contributed by atoms with E-state index in [0.29, 0.717) is 22.6 Å². The Bertz CT molecular complexity index is 766. The highest BCUT2D eigenvalue weighted by Gasteiger charge is 2.14. The normalized spacial score (nSPS) is 10.4. The molecule has 3 aromatic rings. The monoisotopic (exact) mass is 264 g/mol. The topological polar surface area (TPSA) is 80.9 Å². The maximum atomic E-state index is 12.3. The Kier molecular flexibility index (Phi) is 3.01. The molecule has 0 saturated heterocycles. The second-order valence-electron chi connectivity index (χ2n) is 4.27. The van der Waals surface area contributed by atoms with Gasteiger partial charge in [0.2, 0.25) is 0 Å². The summed E-state index contributed by atoms with van der Waals surface area (Å²) >= 11 is 0. The number of carbonyl (C=O) groups is 1. The number of nitrogens with two attached hydrogens (primary N) is 1. The summed E-state index contributed by atoms with van der Waals surface area (Å²) in [7, 11) is 0. The zero-order chi connectivity index (χ0) is 13.9. The molecule has 0 aliphatic carbocycles. The number of anilines is 2. The number of pyridine rings is 2. The number of hydrogen-bond acceptors (Lipinski definition) is 4. The number of nitrogen functional groups attached to an aromatic ring is 1. The average molecular weight is 264 g/mol. The molecule has 0 spiro atoms. The average Bonchev–Trinajstić information content (AvgIpc) is 2.48. The van der Waals surface area contributed by atoms with E-state index in [0.717, 1.165) is 5.39 Å². The number of rotatable bonds is 2. The van der Waals surface area contributed by atoms with E-state index in [-0.39, 0.29) is 5.91 Å². The van der Waals surface area contributed by atoms with E-state index in [1.165, 1.54) is 0 Å². The number of fused-ring (bicyclic) bond motifs is 1. The van der Waals surface area contributed by atoms with Crippen LogP contribution in [0.25, 0.3) is 10.8 Å². The molecule has 2 heterocycles. The lowest BCUT2D eigenvalue weighted by molar-refractivity contribution is 0.102. The van der Waals surface area contributed by atoms with Crippen molar-refractivity contribution in [2.45, 2.75) is 0 Å². The molecule has 5 heteroatoms. The lowest BCUT2D eigenvalue weighted by atomic mass is 10.1. The van der Waals surface area contributed by atoms with Gasteiger partial charge in [0, 0.05) is 23.5 Å². The van der Waals surface area contributed by atoms with Gasteiger partial charge in [-0.05, 0) is 29.7 Å². The van der Waals surface area contributed by atoms with Crippen molar-refractivity contribution in [3.63, 3.8) is 0 Å². The van der Waals surface area contributed by atoms with Crippen LogP contribution in [0.2, 0.25) is 0 Å². The van der Waals surface area contributed by atoms with Gasteiger partial charge in [-0.25, -0.2) is 4.98 Å². The third-order valence-corrected chi connectivity index (χ3v) is 2.95. The van der Waals surface area contributed by atoms with Gasteiger partial charge in [-0.3, -0.25) is 9.78 Å². The second-order valence-corrected chi connectivity index (χ2v) is 4.27. The van der Waals surface area contributed by atoms with Gasteiger partial charge in [0.15, 0.2) is 0 Å². The fraction of sp³-hybridized carbons (Fsp3) is 0. The van der Waals surface area contributed by atoms with Crippen LogP contribution in [0.4, 0.5) is 11.5 Å². The molecule has 20 heavy (non-hydrogen) atoms. The first-order valence-electron chi connectivity index (χ1n) is 6.11. The molecule has 3 rings (SSSR count). The van der Waals surface area contributed by atoms with Crippen molar-refractivity contribution in [2.75, 3.05) is 11.1 Å². The van der Waals surface area contributed by atoms with Gasteiger partial charge in [0.25, 0.3) is 5.91 Å². The van der Waals surface area contributed by atoms with Gasteiger partial charge in [-0.1, -0.05) is 18.2 Å². The van der Waals surface area contributed by atoms with Gasteiger partial charge in [-0.2, -0.15) is 0 Å². The molecule has 3 N–H and O–H groups in total. The molecular formula is C15H12N4O. The third-order valence-electron chi connectivity index (χ3n) is 2.95. The zero-order valence-electron chi connectivity index (χ0n) is 10.6. The maximum absolute atomic E-state index is 12.3. The van der Waals surface area contributed by atoms with Crippen molar-refractivity contribution in [2.24, 2.45) is 0 Å². The van der Waals surface area contributed by atoms with Crippen molar-refractivity contribution < 1.29 is 4.79 Å². The second kappa shape index (κ2) is 4.97. The minimum absolute atomic E-state index is 0.297. The highest BCUT2D eigenvalue weighted by Crippen LogP contribution is 2.23. The fourth-order valence-corrected chi connectivity index (χ4v) is 2.04. The van der Waals surface area contributed by atoms with Gasteiger partial charge in [0.1, 0.15) is 11.5 Å². The number of hydrogen-bond donors (Lipinski definition) is 2. The summed E-state index contributed by atoms with van der Waals surface area (Å²) in [6.07, 6.45) is 3.20. The molecule has 2 aromatic heterocycles. The Morgan fingerprint density at radius 1 is 1.00 bits per heavy atom. The van der Waals surface area contributed by atoms with Crippen molar-refractivity contribution in [1.82, 2.24) is 9.97 Å². The van der Waals surface area contributed by atoms with E-state index in [1.54, 1.807) is 36.7 Å². The van der Waals surface area contributed by atoms with Crippen LogP contribution in [0.5, 0.6) is 0 Å². The quantitative estimate of drug-likeness (QED) is 0.697. The molecule has 0 bridgehead atoms. The van der Waals surface area contributed by atoms with E-state index < -0.39 is 0 Å². The Morgan fingerprint density at radius 3 is 2.70 bits per heavy atom. The number of carbonyl (C=O) groups excluding carboxylic acids is 1. The minimum Gasteiger partial charge on any atom is -0.398 e. The molecule has 0 radical (unpaired) electrons. The van der Waals surface area contributed by atoms with Crippen LogP contribution in [0.1, 0.15) is 10.5 Å². The highest BCUT2D eigenvalue weighted by molar-refractivity contribution is 6.14. The molecule has 0 fully saturated rings. The summed E-state index contributed by atoms with van der Waals surface area (Å²) < 4.78 is 0. The van der Waals surface area contributed by atoms with E-state index in [4.69, 9.17) is 5.73 Å². The molecule has 0 aliphatic rings. The predicted octanol–water partition coefficient (Wildman–Crippen LogP) is 2.46. The standard InChI is InChI=1S/C15H12N4O/c16-11-5-3-4-10-7-9-18-14(13(10)11)15(20)19-12-6-1-2-8-17-12/h1-9H,16H2,(H,17,19,20). The summed E-state index contributed by atoms with van der Waals surface area (Å²) in [5.74, 6) is 0.151. The van der Waals surface area contributed by atoms with Crippen LogP contribution in [0.15, 0.2) is 54.9 Å². The van der Waals surface area contributed by atoms with Gasteiger partial charge < -0.3 is 11.1 Å². The number of aromatic nitrogens is 2. The lowest BCUT2D eigenvalue weighted by Gasteiger charge is -2.08. The SMILES string of the molecule is Nc1cccc2ccnc(C(=O)Nc3ccccn3)c12. The van der Waals surface area contributed by atoms with Crippen LogP contribution < -0.4 is 11.1 Å². The lowest BCUT2D eigenvalue weighted by Crippen LogP contribution is -2.15. The molecule has 0 atom stereocenters. The molecule has 1 aromatic carbocycles. The maximum Gasteiger partial charge on any atom is 0.276 e. The van der Waals surface area contributed by atoms with Gasteiger partial charge in [0.05, 0.1) is 0 Å². The molecule has 1 amide bonds. The van der Waals surface area contributed by atoms with E-state index in [2.05, 4.69) is 15.3 Å². The van der Waals surface area contributed by atoms with Crippen molar-refractivity contribution in [1.29, 1.82) is 0 Å². The molecule has 0 saturated carbocycles. The molecular weight excluding hydrogens is 252 g/mol. The van der Waals surface area contributed by atoms with Crippen molar-refractivity contribution >= 4 is 28.2 Å². The molecule has 98 valence electrons. The van der Waals surface area contributed by atoms with Crippen molar-refractivity contribution in [3.05, 3.63) is 60.6 Å². The highest BCUT2D eigenvalue weighted by atomic mass is 16.1. The smallest absolute Gasteiger partial charge is 0.276 e.